The lowest BCUT2D eigenvalue weighted by Crippen LogP contribution is -2.26. The van der Waals surface area contributed by atoms with Crippen molar-refractivity contribution in [2.24, 2.45) is 5.14 Å². The van der Waals surface area contributed by atoms with Crippen molar-refractivity contribution < 1.29 is 17.4 Å². The van der Waals surface area contributed by atoms with Crippen LogP contribution >= 0.6 is 23.2 Å². The molecule has 0 heterocycles. The van der Waals surface area contributed by atoms with E-state index in [2.05, 4.69) is 5.32 Å². The first kappa shape index (κ1) is 18.4. The molecule has 1 amide bonds. The Morgan fingerprint density at radius 2 is 2.00 bits per heavy atom. The molecule has 0 spiro atoms. The highest BCUT2D eigenvalue weighted by Crippen LogP contribution is 2.29. The van der Waals surface area contributed by atoms with E-state index >= 15 is 0 Å². The molecule has 3 N–H and O–H groups in total. The number of carbonyl (C=O) groups excluding carboxylic acids is 1. The Bertz CT molecular complexity index is 677. The Morgan fingerprint density at radius 1 is 1.38 bits per heavy atom. The zero-order valence-corrected chi connectivity index (χ0v) is 14.2. The number of carbonyl (C=O) groups is 1. The summed E-state index contributed by atoms with van der Waals surface area (Å²) < 4.78 is 33.5. The molecule has 0 saturated carbocycles. The van der Waals surface area contributed by atoms with E-state index in [1.54, 1.807) is 6.26 Å². The summed E-state index contributed by atoms with van der Waals surface area (Å²) in [5.41, 5.74) is -0.0780. The van der Waals surface area contributed by atoms with E-state index in [0.29, 0.717) is 12.2 Å². The average Bonchev–Trinajstić information content (AvgIpc) is 2.35. The van der Waals surface area contributed by atoms with Gasteiger partial charge in [-0.2, -0.15) is 0 Å². The van der Waals surface area contributed by atoms with Gasteiger partial charge >= 0.3 is 0 Å². The van der Waals surface area contributed by atoms with Gasteiger partial charge < -0.3 is 5.32 Å². The standard InChI is InChI=1S/C11H14Cl2N2O4S2/c1-20(17)4-2-3-15-11(16)8-5-7(21(14,18)19)6-9(12)10(8)13/h5-6H,2-4H2,1H3,(H,15,16)(H2,14,18,19). The number of nitrogens with one attached hydrogen (secondary N) is 1. The Kier molecular flexibility index (Phi) is 6.61. The lowest BCUT2D eigenvalue weighted by atomic mass is 10.2. The number of amides is 1. The average molecular weight is 373 g/mol. The molecule has 1 aromatic carbocycles. The van der Waals surface area contributed by atoms with Gasteiger partial charge in [0.05, 0.1) is 20.5 Å². The zero-order chi connectivity index (χ0) is 16.2. The van der Waals surface area contributed by atoms with Gasteiger partial charge in [0.25, 0.3) is 5.91 Å². The Hall–Kier alpha value is -0.670. The fourth-order valence-electron chi connectivity index (χ4n) is 1.47. The molecule has 1 aromatic rings. The van der Waals surface area contributed by atoms with Crippen molar-refractivity contribution in [2.45, 2.75) is 11.3 Å². The van der Waals surface area contributed by atoms with E-state index in [-0.39, 0.29) is 27.0 Å². The van der Waals surface area contributed by atoms with Crippen LogP contribution in [0.15, 0.2) is 17.0 Å². The van der Waals surface area contributed by atoms with Crippen molar-refractivity contribution in [1.29, 1.82) is 0 Å². The van der Waals surface area contributed by atoms with Crippen LogP contribution in [0.2, 0.25) is 10.0 Å². The van der Waals surface area contributed by atoms with Gasteiger partial charge in [0.1, 0.15) is 0 Å². The highest BCUT2D eigenvalue weighted by molar-refractivity contribution is 7.89. The van der Waals surface area contributed by atoms with E-state index in [0.717, 1.165) is 12.1 Å². The minimum absolute atomic E-state index is 0.0550. The maximum absolute atomic E-state index is 12.0. The SMILES string of the molecule is CS(=O)CCCNC(=O)c1cc(S(N)(=O)=O)cc(Cl)c1Cl. The smallest absolute Gasteiger partial charge is 0.252 e. The van der Waals surface area contributed by atoms with Crippen LogP contribution in [0.4, 0.5) is 0 Å². The predicted octanol–water partition coefficient (Wildman–Crippen LogP) is 1.14. The molecule has 0 aliphatic heterocycles. The highest BCUT2D eigenvalue weighted by atomic mass is 35.5. The number of primary sulfonamides is 1. The molecule has 0 radical (unpaired) electrons. The Balaban J connectivity index is 2.93. The van der Waals surface area contributed by atoms with Crippen molar-refractivity contribution in [3.63, 3.8) is 0 Å². The number of halogens is 2. The molecule has 0 aliphatic carbocycles. The van der Waals surface area contributed by atoms with E-state index in [1.807, 2.05) is 0 Å². The third-order valence-electron chi connectivity index (χ3n) is 2.47. The summed E-state index contributed by atoms with van der Waals surface area (Å²) >= 11 is 11.7. The molecule has 0 fully saturated rings. The molecule has 1 unspecified atom stereocenters. The maximum atomic E-state index is 12.0. The number of benzene rings is 1. The molecule has 6 nitrogen and oxygen atoms in total. The number of hydrogen-bond acceptors (Lipinski definition) is 4. The topological polar surface area (TPSA) is 106 Å². The quantitative estimate of drug-likeness (QED) is 0.729. The van der Waals surface area contributed by atoms with Crippen molar-refractivity contribution in [3.05, 3.63) is 27.7 Å². The van der Waals surface area contributed by atoms with Gasteiger partial charge in [-0.25, -0.2) is 13.6 Å². The van der Waals surface area contributed by atoms with E-state index in [4.69, 9.17) is 28.3 Å². The van der Waals surface area contributed by atoms with Crippen molar-refractivity contribution >= 4 is 49.9 Å². The molecule has 0 saturated heterocycles. The van der Waals surface area contributed by atoms with Crippen LogP contribution < -0.4 is 10.5 Å². The summed E-state index contributed by atoms with van der Waals surface area (Å²) in [5, 5.41) is 7.42. The van der Waals surface area contributed by atoms with Gasteiger partial charge in [-0.1, -0.05) is 23.2 Å². The Labute approximate surface area is 135 Å². The highest BCUT2D eigenvalue weighted by Gasteiger charge is 2.18. The van der Waals surface area contributed by atoms with E-state index in [9.17, 15) is 17.4 Å². The van der Waals surface area contributed by atoms with Gasteiger partial charge in [-0.05, 0) is 18.6 Å². The summed E-state index contributed by atoms with van der Waals surface area (Å²) in [5.74, 6) is -0.124. The number of nitrogens with two attached hydrogens (primary N) is 1. The molecular formula is C11H14Cl2N2O4S2. The fourth-order valence-corrected chi connectivity index (χ4v) is 3.06. The van der Waals surface area contributed by atoms with E-state index < -0.39 is 26.7 Å². The molecule has 0 bridgehead atoms. The monoisotopic (exact) mass is 372 g/mol. The molecule has 118 valence electrons. The number of rotatable bonds is 6. The van der Waals surface area contributed by atoms with Gasteiger partial charge in [0.2, 0.25) is 10.0 Å². The summed E-state index contributed by atoms with van der Waals surface area (Å²) in [6, 6.07) is 2.15. The first-order valence-electron chi connectivity index (χ1n) is 5.73. The fraction of sp³-hybridized carbons (Fsp3) is 0.364. The lowest BCUT2D eigenvalue weighted by Gasteiger charge is -2.09. The molecule has 0 aliphatic rings. The third kappa shape index (κ3) is 5.55. The second-order valence-corrected chi connectivity index (χ2v) is 8.10. The van der Waals surface area contributed by atoms with Crippen LogP contribution in [0.25, 0.3) is 0 Å². The molecule has 21 heavy (non-hydrogen) atoms. The van der Waals surface area contributed by atoms with Crippen LogP contribution in [0.1, 0.15) is 16.8 Å². The third-order valence-corrected chi connectivity index (χ3v) is 5.03. The predicted molar refractivity (Wildman–Crippen MR) is 83.7 cm³/mol. The van der Waals surface area contributed by atoms with Crippen LogP contribution in [0.3, 0.4) is 0 Å². The second kappa shape index (κ2) is 7.55. The van der Waals surface area contributed by atoms with Crippen LogP contribution in [-0.2, 0) is 20.8 Å². The summed E-state index contributed by atoms with van der Waals surface area (Å²) in [6.07, 6.45) is 2.09. The molecule has 10 heteroatoms. The van der Waals surface area contributed by atoms with Gasteiger partial charge in [0, 0.05) is 29.4 Å². The Morgan fingerprint density at radius 3 is 2.52 bits per heavy atom. The van der Waals surface area contributed by atoms with Crippen LogP contribution in [0, 0.1) is 0 Å². The lowest BCUT2D eigenvalue weighted by molar-refractivity contribution is 0.0953. The maximum Gasteiger partial charge on any atom is 0.252 e. The first-order chi connectivity index (χ1) is 9.62. The molecular weight excluding hydrogens is 359 g/mol. The first-order valence-corrected chi connectivity index (χ1v) is 9.76. The number of hydrogen-bond donors (Lipinski definition) is 2. The van der Waals surface area contributed by atoms with Crippen molar-refractivity contribution in [1.82, 2.24) is 5.32 Å². The normalized spacial score (nSPS) is 13.0. The van der Waals surface area contributed by atoms with Gasteiger partial charge in [-0.3, -0.25) is 9.00 Å². The van der Waals surface area contributed by atoms with Gasteiger partial charge in [-0.15, -0.1) is 0 Å². The number of sulfonamides is 1. The molecule has 1 atom stereocenters. The molecule has 0 aromatic heterocycles. The summed E-state index contributed by atoms with van der Waals surface area (Å²) in [7, 11) is -4.94. The van der Waals surface area contributed by atoms with Crippen LogP contribution in [0.5, 0.6) is 0 Å². The summed E-state index contributed by atoms with van der Waals surface area (Å²) in [4.78, 5) is 11.7. The van der Waals surface area contributed by atoms with Crippen LogP contribution in [-0.4, -0.2) is 37.1 Å². The van der Waals surface area contributed by atoms with Crippen molar-refractivity contribution in [3.8, 4) is 0 Å². The largest absolute Gasteiger partial charge is 0.352 e. The van der Waals surface area contributed by atoms with Crippen molar-refractivity contribution in [2.75, 3.05) is 18.6 Å². The molecule has 1 rings (SSSR count). The minimum atomic E-state index is -4.00. The van der Waals surface area contributed by atoms with E-state index in [1.165, 1.54) is 0 Å². The second-order valence-electron chi connectivity index (χ2n) is 4.20. The zero-order valence-electron chi connectivity index (χ0n) is 11.1. The summed E-state index contributed by atoms with van der Waals surface area (Å²) in [6.45, 7) is 0.284. The minimum Gasteiger partial charge on any atom is -0.352 e. The van der Waals surface area contributed by atoms with Gasteiger partial charge in [0.15, 0.2) is 0 Å².